The van der Waals surface area contributed by atoms with Gasteiger partial charge in [0.05, 0.1) is 19.6 Å². The molecular formula is C11H19ClN+. The predicted octanol–water partition coefficient (Wildman–Crippen LogP) is 2.62. The van der Waals surface area contributed by atoms with E-state index in [4.69, 9.17) is 18.0 Å². The molecule has 74 valence electrons. The lowest BCUT2D eigenvalue weighted by molar-refractivity contribution is -0.912. The maximum atomic E-state index is 5.80. The average Bonchev–Trinajstić information content (AvgIpc) is 2.12. The Morgan fingerprint density at radius 1 is 1.46 bits per heavy atom. The molecular weight excluding hydrogens is 182 g/mol. The van der Waals surface area contributed by atoms with Crippen molar-refractivity contribution >= 4 is 11.6 Å². The molecule has 0 saturated heterocycles. The van der Waals surface area contributed by atoms with Crippen LogP contribution >= 0.6 is 11.6 Å². The van der Waals surface area contributed by atoms with Crippen LogP contribution in [-0.2, 0) is 0 Å². The predicted molar refractivity (Wildman–Crippen MR) is 59.5 cm³/mol. The van der Waals surface area contributed by atoms with Gasteiger partial charge in [0.15, 0.2) is 0 Å². The minimum atomic E-state index is 0.785. The standard InChI is InChI=1S/C11H19ClN/c1-5-9-13(6-2,7-3)10-8-11(4)12/h1,8H,6-7,9-10H2,2-4H3/q+1/b11-8-. The van der Waals surface area contributed by atoms with Gasteiger partial charge in [0, 0.05) is 5.03 Å². The van der Waals surface area contributed by atoms with Crippen LogP contribution in [0.25, 0.3) is 0 Å². The molecule has 0 aromatic heterocycles. The summed E-state index contributed by atoms with van der Waals surface area (Å²) in [6.07, 6.45) is 7.40. The van der Waals surface area contributed by atoms with Gasteiger partial charge in [-0.1, -0.05) is 11.6 Å². The first-order chi connectivity index (χ1) is 6.10. The first-order valence-corrected chi connectivity index (χ1v) is 5.09. The van der Waals surface area contributed by atoms with E-state index in [9.17, 15) is 0 Å². The van der Waals surface area contributed by atoms with Gasteiger partial charge in [-0.2, -0.15) is 0 Å². The molecule has 0 fully saturated rings. The Morgan fingerprint density at radius 2 is 2.00 bits per heavy atom. The Morgan fingerprint density at radius 3 is 2.31 bits per heavy atom. The van der Waals surface area contributed by atoms with Crippen LogP contribution in [0.4, 0.5) is 0 Å². The number of likely N-dealkylation sites (N-methyl/N-ethyl adjacent to an activating group) is 1. The zero-order valence-corrected chi connectivity index (χ0v) is 9.56. The summed E-state index contributed by atoms with van der Waals surface area (Å²) in [6, 6.07) is 0. The van der Waals surface area contributed by atoms with E-state index >= 15 is 0 Å². The summed E-state index contributed by atoms with van der Waals surface area (Å²) < 4.78 is 0.931. The molecule has 0 bridgehead atoms. The van der Waals surface area contributed by atoms with E-state index < -0.39 is 0 Å². The SMILES string of the molecule is C#CC[N+](CC)(CC)C/C=C(/C)Cl. The van der Waals surface area contributed by atoms with E-state index in [0.29, 0.717) is 0 Å². The molecule has 0 aliphatic rings. The molecule has 0 spiro atoms. The summed E-state index contributed by atoms with van der Waals surface area (Å²) >= 11 is 5.80. The summed E-state index contributed by atoms with van der Waals surface area (Å²) in [4.78, 5) is 0. The minimum Gasteiger partial charge on any atom is -0.311 e. The van der Waals surface area contributed by atoms with Crippen molar-refractivity contribution in [3.63, 3.8) is 0 Å². The summed E-state index contributed by atoms with van der Waals surface area (Å²) in [6.45, 7) is 10.1. The number of rotatable bonds is 5. The van der Waals surface area contributed by atoms with Crippen molar-refractivity contribution in [1.29, 1.82) is 0 Å². The highest BCUT2D eigenvalue weighted by molar-refractivity contribution is 6.29. The maximum Gasteiger partial charge on any atom is 0.140 e. The molecule has 13 heavy (non-hydrogen) atoms. The van der Waals surface area contributed by atoms with Crippen molar-refractivity contribution in [3.8, 4) is 12.3 Å². The number of halogens is 1. The molecule has 0 amide bonds. The normalized spacial score (nSPS) is 12.7. The van der Waals surface area contributed by atoms with Gasteiger partial charge >= 0.3 is 0 Å². The van der Waals surface area contributed by atoms with Crippen LogP contribution in [0.5, 0.6) is 0 Å². The number of quaternary nitrogens is 1. The van der Waals surface area contributed by atoms with Gasteiger partial charge in [-0.05, 0) is 32.8 Å². The molecule has 0 aliphatic carbocycles. The van der Waals surface area contributed by atoms with Crippen molar-refractivity contribution in [3.05, 3.63) is 11.1 Å². The second kappa shape index (κ2) is 6.07. The summed E-state index contributed by atoms with van der Waals surface area (Å²) in [5.41, 5.74) is 0. The average molecular weight is 201 g/mol. The second-order valence-electron chi connectivity index (χ2n) is 3.31. The third-order valence-electron chi connectivity index (χ3n) is 2.53. The molecule has 0 unspecified atom stereocenters. The van der Waals surface area contributed by atoms with Crippen molar-refractivity contribution in [2.75, 3.05) is 26.2 Å². The van der Waals surface area contributed by atoms with Gasteiger partial charge in [0.2, 0.25) is 0 Å². The summed E-state index contributed by atoms with van der Waals surface area (Å²) in [5, 5.41) is 0.849. The molecule has 0 radical (unpaired) electrons. The van der Waals surface area contributed by atoms with Gasteiger partial charge in [0.25, 0.3) is 0 Å². The van der Waals surface area contributed by atoms with Crippen LogP contribution in [0, 0.1) is 12.3 Å². The third-order valence-corrected chi connectivity index (χ3v) is 2.68. The van der Waals surface area contributed by atoms with Crippen LogP contribution in [0.2, 0.25) is 0 Å². The fourth-order valence-corrected chi connectivity index (χ4v) is 1.35. The van der Waals surface area contributed by atoms with Gasteiger partial charge in [-0.25, -0.2) is 0 Å². The van der Waals surface area contributed by atoms with Crippen molar-refractivity contribution in [2.45, 2.75) is 20.8 Å². The van der Waals surface area contributed by atoms with Crippen LogP contribution < -0.4 is 0 Å². The molecule has 0 aromatic rings. The zero-order valence-electron chi connectivity index (χ0n) is 8.81. The Hall–Kier alpha value is -0.450. The van der Waals surface area contributed by atoms with Crippen LogP contribution in [0.15, 0.2) is 11.1 Å². The molecule has 0 aromatic carbocycles. The molecule has 2 heteroatoms. The quantitative estimate of drug-likeness (QED) is 0.473. The highest BCUT2D eigenvalue weighted by atomic mass is 35.5. The Bertz CT molecular complexity index is 205. The van der Waals surface area contributed by atoms with E-state index in [1.54, 1.807) is 0 Å². The third kappa shape index (κ3) is 4.36. The van der Waals surface area contributed by atoms with E-state index in [1.807, 2.05) is 13.0 Å². The fourth-order valence-electron chi connectivity index (χ4n) is 1.28. The number of hydrogen-bond donors (Lipinski definition) is 0. The summed E-state index contributed by atoms with van der Waals surface area (Å²) in [5.74, 6) is 2.73. The lowest BCUT2D eigenvalue weighted by Crippen LogP contribution is -2.48. The fraction of sp³-hybridized carbons (Fsp3) is 0.636. The molecule has 0 aliphatic heterocycles. The highest BCUT2D eigenvalue weighted by Gasteiger charge is 2.19. The van der Waals surface area contributed by atoms with Crippen molar-refractivity contribution in [2.24, 2.45) is 0 Å². The monoisotopic (exact) mass is 200 g/mol. The van der Waals surface area contributed by atoms with Gasteiger partial charge in [-0.15, -0.1) is 6.42 Å². The number of hydrogen-bond acceptors (Lipinski definition) is 0. The molecule has 1 nitrogen and oxygen atoms in total. The topological polar surface area (TPSA) is 0 Å². The Kier molecular flexibility index (Phi) is 5.86. The molecule has 0 N–H and O–H groups in total. The second-order valence-corrected chi connectivity index (χ2v) is 3.91. The number of nitrogens with zero attached hydrogens (tertiary/aromatic N) is 1. The van der Waals surface area contributed by atoms with Crippen LogP contribution in [-0.4, -0.2) is 30.7 Å². The first-order valence-electron chi connectivity index (χ1n) is 4.71. The van der Waals surface area contributed by atoms with Crippen LogP contribution in [0.1, 0.15) is 20.8 Å². The van der Waals surface area contributed by atoms with E-state index in [0.717, 1.165) is 35.7 Å². The zero-order chi connectivity index (χ0) is 10.3. The minimum absolute atomic E-state index is 0.785. The molecule has 0 heterocycles. The Balaban J connectivity index is 4.40. The Labute approximate surface area is 87.0 Å². The summed E-state index contributed by atoms with van der Waals surface area (Å²) in [7, 11) is 0. The van der Waals surface area contributed by atoms with E-state index in [2.05, 4.69) is 19.8 Å². The van der Waals surface area contributed by atoms with E-state index in [1.165, 1.54) is 0 Å². The maximum absolute atomic E-state index is 5.80. The highest BCUT2D eigenvalue weighted by Crippen LogP contribution is 2.08. The molecule has 0 atom stereocenters. The number of terminal acetylenes is 1. The lowest BCUT2D eigenvalue weighted by atomic mass is 10.3. The largest absolute Gasteiger partial charge is 0.311 e. The van der Waals surface area contributed by atoms with E-state index in [-0.39, 0.29) is 0 Å². The smallest absolute Gasteiger partial charge is 0.140 e. The van der Waals surface area contributed by atoms with Gasteiger partial charge in [-0.3, -0.25) is 0 Å². The first kappa shape index (κ1) is 12.6. The molecule has 0 rings (SSSR count). The van der Waals surface area contributed by atoms with Gasteiger partial charge < -0.3 is 4.48 Å². The number of allylic oxidation sites excluding steroid dienone is 1. The molecule has 0 saturated carbocycles. The van der Waals surface area contributed by atoms with Gasteiger partial charge in [0.1, 0.15) is 6.54 Å². The van der Waals surface area contributed by atoms with Crippen molar-refractivity contribution in [1.82, 2.24) is 0 Å². The van der Waals surface area contributed by atoms with Crippen molar-refractivity contribution < 1.29 is 4.48 Å². The lowest BCUT2D eigenvalue weighted by Gasteiger charge is -2.33. The van der Waals surface area contributed by atoms with Crippen LogP contribution in [0.3, 0.4) is 0 Å².